The molecular weight excluding hydrogens is 377 g/mol. The Bertz CT molecular complexity index is 930. The maximum absolute atomic E-state index is 13.3. The summed E-state index contributed by atoms with van der Waals surface area (Å²) in [5.41, 5.74) is 5.67. The third-order valence-corrected chi connectivity index (χ3v) is 3.92. The number of alkyl halides is 3. The summed E-state index contributed by atoms with van der Waals surface area (Å²) in [6.07, 6.45) is -3.96. The molecule has 3 rings (SSSR count). The van der Waals surface area contributed by atoms with Crippen molar-refractivity contribution in [2.75, 3.05) is 30.3 Å². The minimum atomic E-state index is -4.64. The van der Waals surface area contributed by atoms with Crippen LogP contribution in [0.15, 0.2) is 29.4 Å². The molecule has 0 atom stereocenters. The van der Waals surface area contributed by atoms with Gasteiger partial charge in [-0.1, -0.05) is 6.07 Å². The largest absolute Gasteiger partial charge is 0.478 e. The van der Waals surface area contributed by atoms with Crippen molar-refractivity contribution in [1.82, 2.24) is 9.97 Å². The van der Waals surface area contributed by atoms with E-state index in [4.69, 9.17) is 10.5 Å². The van der Waals surface area contributed by atoms with Crippen molar-refractivity contribution in [3.8, 4) is 0 Å². The van der Waals surface area contributed by atoms with Crippen molar-refractivity contribution in [1.29, 1.82) is 0 Å². The van der Waals surface area contributed by atoms with Gasteiger partial charge in [0.25, 0.3) is 0 Å². The Balaban J connectivity index is 1.88. The molecule has 2 aromatic rings. The summed E-state index contributed by atoms with van der Waals surface area (Å²) in [7, 11) is 0. The predicted molar refractivity (Wildman–Crippen MR) is 96.8 cm³/mol. The number of nitrogens with one attached hydrogen (secondary N) is 2. The van der Waals surface area contributed by atoms with Crippen LogP contribution in [0.4, 0.5) is 30.6 Å². The number of benzene rings is 1. The molecule has 28 heavy (non-hydrogen) atoms. The lowest BCUT2D eigenvalue weighted by Crippen LogP contribution is -2.19. The van der Waals surface area contributed by atoms with E-state index in [1.54, 1.807) is 19.1 Å². The maximum Gasteiger partial charge on any atom is 0.421 e. The number of hydrogen-bond acceptors (Lipinski definition) is 7. The topological polar surface area (TPSA) is 115 Å². The normalized spacial score (nSPS) is 13.6. The van der Waals surface area contributed by atoms with Crippen LogP contribution in [0.1, 0.15) is 21.5 Å². The fourth-order valence-corrected chi connectivity index (χ4v) is 2.46. The lowest BCUT2D eigenvalue weighted by molar-refractivity contribution is -0.137. The molecule has 1 aromatic carbocycles. The summed E-state index contributed by atoms with van der Waals surface area (Å²) in [6, 6.07) is 4.68. The minimum Gasteiger partial charge on any atom is -0.478 e. The number of aliphatic imine (C=N–C) groups is 1. The Kier molecular flexibility index (Phi) is 5.34. The van der Waals surface area contributed by atoms with Crippen LogP contribution in [0, 0.1) is 6.92 Å². The SMILES string of the molecule is Cc1ccc(C(N)=O)cc1Nc1ncc(C(F)(F)F)c(NCC2=NCCO2)n1. The van der Waals surface area contributed by atoms with Crippen LogP contribution >= 0.6 is 0 Å². The summed E-state index contributed by atoms with van der Waals surface area (Å²) in [6.45, 7) is 2.59. The van der Waals surface area contributed by atoms with Gasteiger partial charge >= 0.3 is 6.18 Å². The third kappa shape index (κ3) is 4.48. The van der Waals surface area contributed by atoms with Gasteiger partial charge in [0.1, 0.15) is 18.0 Å². The molecule has 4 N–H and O–H groups in total. The van der Waals surface area contributed by atoms with Gasteiger partial charge in [0, 0.05) is 17.4 Å². The molecule has 0 fully saturated rings. The molecule has 1 aromatic heterocycles. The average Bonchev–Trinajstić information content (AvgIpc) is 3.14. The molecule has 2 heterocycles. The Hall–Kier alpha value is -3.37. The van der Waals surface area contributed by atoms with Gasteiger partial charge in [-0.2, -0.15) is 18.2 Å². The quantitative estimate of drug-likeness (QED) is 0.694. The number of carbonyl (C=O) groups is 1. The molecule has 0 aliphatic carbocycles. The molecule has 1 aliphatic heterocycles. The number of rotatable bonds is 6. The van der Waals surface area contributed by atoms with Crippen LogP contribution in [0.5, 0.6) is 0 Å². The summed E-state index contributed by atoms with van der Waals surface area (Å²) in [5.74, 6) is -0.802. The number of aromatic nitrogens is 2. The smallest absolute Gasteiger partial charge is 0.421 e. The highest BCUT2D eigenvalue weighted by molar-refractivity contribution is 5.94. The van der Waals surface area contributed by atoms with Crippen LogP contribution in [-0.2, 0) is 10.9 Å². The fraction of sp³-hybridized carbons (Fsp3) is 0.294. The highest BCUT2D eigenvalue weighted by Crippen LogP contribution is 2.34. The van der Waals surface area contributed by atoms with E-state index in [0.717, 1.165) is 5.56 Å². The van der Waals surface area contributed by atoms with Gasteiger partial charge in [0.2, 0.25) is 17.8 Å². The van der Waals surface area contributed by atoms with E-state index < -0.39 is 23.5 Å². The van der Waals surface area contributed by atoms with Crippen LogP contribution in [0.3, 0.4) is 0 Å². The second-order valence-electron chi connectivity index (χ2n) is 5.95. The van der Waals surface area contributed by atoms with Crippen molar-refractivity contribution in [2.24, 2.45) is 10.7 Å². The van der Waals surface area contributed by atoms with Gasteiger partial charge in [-0.05, 0) is 24.6 Å². The van der Waals surface area contributed by atoms with E-state index in [9.17, 15) is 18.0 Å². The monoisotopic (exact) mass is 394 g/mol. The fourth-order valence-electron chi connectivity index (χ4n) is 2.46. The minimum absolute atomic E-state index is 0.0320. The third-order valence-electron chi connectivity index (χ3n) is 3.92. The first-order chi connectivity index (χ1) is 13.2. The summed E-state index contributed by atoms with van der Waals surface area (Å²) < 4.78 is 45.0. The van der Waals surface area contributed by atoms with Crippen molar-refractivity contribution in [3.63, 3.8) is 0 Å². The molecule has 8 nitrogen and oxygen atoms in total. The van der Waals surface area contributed by atoms with Crippen LogP contribution in [0.2, 0.25) is 0 Å². The van der Waals surface area contributed by atoms with Crippen molar-refractivity contribution < 1.29 is 22.7 Å². The highest BCUT2D eigenvalue weighted by Gasteiger charge is 2.35. The number of hydrogen-bond donors (Lipinski definition) is 3. The Labute approximate surface area is 158 Å². The Morgan fingerprint density at radius 2 is 2.14 bits per heavy atom. The predicted octanol–water partition coefficient (Wildman–Crippen LogP) is 2.49. The van der Waals surface area contributed by atoms with E-state index in [1.807, 2.05) is 0 Å². The molecule has 0 saturated heterocycles. The van der Waals surface area contributed by atoms with E-state index in [-0.39, 0.29) is 18.1 Å². The number of anilines is 3. The van der Waals surface area contributed by atoms with Crippen molar-refractivity contribution >= 4 is 29.3 Å². The van der Waals surface area contributed by atoms with Gasteiger partial charge < -0.3 is 21.1 Å². The van der Waals surface area contributed by atoms with Gasteiger partial charge in [0.05, 0.1) is 13.1 Å². The molecule has 11 heteroatoms. The second kappa shape index (κ2) is 7.71. The molecule has 0 unspecified atom stereocenters. The number of carbonyl (C=O) groups excluding carboxylic acids is 1. The number of primary amides is 1. The van der Waals surface area contributed by atoms with Gasteiger partial charge in [-0.3, -0.25) is 9.79 Å². The van der Waals surface area contributed by atoms with Gasteiger partial charge in [-0.25, -0.2) is 4.98 Å². The van der Waals surface area contributed by atoms with E-state index in [0.29, 0.717) is 30.9 Å². The lowest BCUT2D eigenvalue weighted by Gasteiger charge is -2.15. The lowest BCUT2D eigenvalue weighted by atomic mass is 10.1. The number of amides is 1. The second-order valence-corrected chi connectivity index (χ2v) is 5.95. The highest BCUT2D eigenvalue weighted by atomic mass is 19.4. The zero-order valence-electron chi connectivity index (χ0n) is 14.8. The summed E-state index contributed by atoms with van der Waals surface area (Å²) >= 11 is 0. The summed E-state index contributed by atoms with van der Waals surface area (Å²) in [4.78, 5) is 23.0. The molecule has 0 spiro atoms. The van der Waals surface area contributed by atoms with Crippen LogP contribution in [-0.4, -0.2) is 41.5 Å². The number of aryl methyl sites for hydroxylation is 1. The molecule has 1 amide bonds. The Morgan fingerprint density at radius 3 is 2.79 bits per heavy atom. The molecule has 148 valence electrons. The zero-order valence-corrected chi connectivity index (χ0v) is 14.8. The number of halogens is 3. The van der Waals surface area contributed by atoms with E-state index >= 15 is 0 Å². The molecule has 0 radical (unpaired) electrons. The maximum atomic E-state index is 13.3. The van der Waals surface area contributed by atoms with Crippen LogP contribution in [0.25, 0.3) is 0 Å². The first-order valence-electron chi connectivity index (χ1n) is 8.26. The number of ether oxygens (including phenoxy) is 1. The number of nitrogens with two attached hydrogens (primary N) is 1. The van der Waals surface area contributed by atoms with Crippen LogP contribution < -0.4 is 16.4 Å². The van der Waals surface area contributed by atoms with E-state index in [2.05, 4.69) is 25.6 Å². The molecule has 0 bridgehead atoms. The number of nitrogens with zero attached hydrogens (tertiary/aromatic N) is 3. The van der Waals surface area contributed by atoms with Gasteiger partial charge in [-0.15, -0.1) is 0 Å². The van der Waals surface area contributed by atoms with Gasteiger partial charge in [0.15, 0.2) is 0 Å². The molecular formula is C17H17F3N6O2. The average molecular weight is 394 g/mol. The molecule has 1 aliphatic rings. The molecule has 0 saturated carbocycles. The Morgan fingerprint density at radius 1 is 1.36 bits per heavy atom. The van der Waals surface area contributed by atoms with Crippen molar-refractivity contribution in [2.45, 2.75) is 13.1 Å². The summed E-state index contributed by atoms with van der Waals surface area (Å²) in [5, 5.41) is 5.41. The standard InChI is InChI=1S/C17H17F3N6O2/c1-9-2-3-10(14(21)27)6-12(9)25-16-24-7-11(17(18,19)20)15(26-16)23-8-13-22-4-5-28-13/h2-3,6-7H,4-5,8H2,1H3,(H2,21,27)(H2,23,24,25,26). The van der Waals surface area contributed by atoms with Crippen molar-refractivity contribution in [3.05, 3.63) is 41.1 Å². The van der Waals surface area contributed by atoms with E-state index in [1.165, 1.54) is 6.07 Å². The first kappa shape index (κ1) is 19.4. The zero-order chi connectivity index (χ0) is 20.3. The first-order valence-corrected chi connectivity index (χ1v) is 8.26.